The van der Waals surface area contributed by atoms with Crippen LogP contribution < -0.4 is 17.0 Å². The van der Waals surface area contributed by atoms with E-state index in [1.807, 2.05) is 0 Å². The Kier molecular flexibility index (Phi) is 1.63. The predicted octanol–water partition coefficient (Wildman–Crippen LogP) is -0.796. The van der Waals surface area contributed by atoms with Gasteiger partial charge in [0.1, 0.15) is 5.39 Å². The SMILES string of the molecule is Cn1c(=O)[nH]c(=O)c2c(N)ccnc21. The van der Waals surface area contributed by atoms with Crippen LogP contribution in [0.15, 0.2) is 21.9 Å². The van der Waals surface area contributed by atoms with Gasteiger partial charge in [-0.1, -0.05) is 0 Å². The summed E-state index contributed by atoms with van der Waals surface area (Å²) in [4.78, 5) is 28.7. The number of nitrogens with one attached hydrogen (secondary N) is 1. The van der Waals surface area contributed by atoms with Crippen LogP contribution in [0.1, 0.15) is 0 Å². The van der Waals surface area contributed by atoms with Gasteiger partial charge in [-0.15, -0.1) is 0 Å². The first-order chi connectivity index (χ1) is 6.61. The second-order valence-electron chi connectivity index (χ2n) is 2.92. The van der Waals surface area contributed by atoms with Gasteiger partial charge in [-0.05, 0) is 6.07 Å². The van der Waals surface area contributed by atoms with Crippen LogP contribution in [-0.2, 0) is 7.05 Å². The molecule has 0 aliphatic heterocycles. The van der Waals surface area contributed by atoms with E-state index in [-0.39, 0.29) is 5.39 Å². The molecule has 0 aromatic carbocycles. The summed E-state index contributed by atoms with van der Waals surface area (Å²) in [5.74, 6) is 0. The molecule has 0 aliphatic rings. The number of nitrogens with two attached hydrogens (primary N) is 1. The second-order valence-corrected chi connectivity index (χ2v) is 2.92. The molecule has 3 N–H and O–H groups in total. The molecule has 6 nitrogen and oxygen atoms in total. The summed E-state index contributed by atoms with van der Waals surface area (Å²) in [5.41, 5.74) is 5.20. The Bertz CT molecular complexity index is 611. The van der Waals surface area contributed by atoms with E-state index in [4.69, 9.17) is 5.73 Å². The van der Waals surface area contributed by atoms with Crippen LogP contribution in [-0.4, -0.2) is 14.5 Å². The van der Waals surface area contributed by atoms with Crippen molar-refractivity contribution in [3.63, 3.8) is 0 Å². The van der Waals surface area contributed by atoms with Gasteiger partial charge in [0.15, 0.2) is 5.65 Å². The number of aromatic nitrogens is 3. The summed E-state index contributed by atoms with van der Waals surface area (Å²) >= 11 is 0. The lowest BCUT2D eigenvalue weighted by Gasteiger charge is -2.03. The van der Waals surface area contributed by atoms with Crippen LogP contribution in [0.5, 0.6) is 0 Å². The van der Waals surface area contributed by atoms with E-state index in [1.165, 1.54) is 23.9 Å². The van der Waals surface area contributed by atoms with Gasteiger partial charge >= 0.3 is 5.69 Å². The largest absolute Gasteiger partial charge is 0.398 e. The van der Waals surface area contributed by atoms with E-state index in [2.05, 4.69) is 9.97 Å². The molecule has 0 aliphatic carbocycles. The molecule has 0 bridgehead atoms. The van der Waals surface area contributed by atoms with Crippen molar-refractivity contribution in [2.24, 2.45) is 7.05 Å². The summed E-state index contributed by atoms with van der Waals surface area (Å²) in [6.07, 6.45) is 1.45. The number of H-pyrrole nitrogens is 1. The summed E-state index contributed by atoms with van der Waals surface area (Å²) in [7, 11) is 1.52. The number of nitrogen functional groups attached to an aromatic ring is 1. The molecule has 0 saturated carbocycles. The van der Waals surface area contributed by atoms with Crippen molar-refractivity contribution >= 4 is 16.7 Å². The molecule has 2 aromatic rings. The minimum absolute atomic E-state index is 0.245. The topological polar surface area (TPSA) is 93.8 Å². The molecule has 0 fully saturated rings. The Morgan fingerprint density at radius 3 is 2.93 bits per heavy atom. The van der Waals surface area contributed by atoms with Gasteiger partial charge in [-0.3, -0.25) is 14.3 Å². The molecule has 0 saturated heterocycles. The highest BCUT2D eigenvalue weighted by Gasteiger charge is 2.07. The molecule has 0 amide bonds. The van der Waals surface area contributed by atoms with Crippen LogP contribution in [0.3, 0.4) is 0 Å². The zero-order valence-electron chi connectivity index (χ0n) is 7.44. The maximum absolute atomic E-state index is 11.4. The van der Waals surface area contributed by atoms with E-state index in [0.717, 1.165) is 0 Å². The number of hydrogen-bond donors (Lipinski definition) is 2. The standard InChI is InChI=1S/C8H8N4O2/c1-12-6-5(4(9)2-3-10-6)7(13)11-8(12)14/h2-3H,1H3,(H2,9,10)(H,11,13,14). The first-order valence-corrected chi connectivity index (χ1v) is 3.95. The average Bonchev–Trinajstić information content (AvgIpc) is 2.14. The number of fused-ring (bicyclic) bond motifs is 1. The van der Waals surface area contributed by atoms with Crippen LogP contribution >= 0.6 is 0 Å². The molecule has 2 rings (SSSR count). The lowest BCUT2D eigenvalue weighted by molar-refractivity contribution is 0.829. The third kappa shape index (κ3) is 1.00. The Hall–Kier alpha value is -2.11. The van der Waals surface area contributed by atoms with Gasteiger partial charge < -0.3 is 5.73 Å². The van der Waals surface area contributed by atoms with Crippen LogP contribution in [0.4, 0.5) is 5.69 Å². The minimum Gasteiger partial charge on any atom is -0.398 e. The van der Waals surface area contributed by atoms with Crippen molar-refractivity contribution in [3.05, 3.63) is 33.1 Å². The Morgan fingerprint density at radius 1 is 1.50 bits per heavy atom. The highest BCUT2D eigenvalue weighted by molar-refractivity contribution is 5.86. The number of aromatic amines is 1. The van der Waals surface area contributed by atoms with Crippen molar-refractivity contribution in [3.8, 4) is 0 Å². The summed E-state index contributed by atoms with van der Waals surface area (Å²) in [6.45, 7) is 0. The van der Waals surface area contributed by atoms with Gasteiger partial charge in [0.05, 0.1) is 0 Å². The molecular formula is C8H8N4O2. The van der Waals surface area contributed by atoms with E-state index < -0.39 is 11.2 Å². The van der Waals surface area contributed by atoms with Crippen molar-refractivity contribution in [1.29, 1.82) is 0 Å². The smallest absolute Gasteiger partial charge is 0.329 e. The molecule has 0 spiro atoms. The fourth-order valence-corrected chi connectivity index (χ4v) is 1.29. The molecule has 2 heterocycles. The third-order valence-corrected chi connectivity index (χ3v) is 2.03. The van der Waals surface area contributed by atoms with Crippen LogP contribution in [0.25, 0.3) is 11.0 Å². The molecule has 14 heavy (non-hydrogen) atoms. The molecular weight excluding hydrogens is 184 g/mol. The number of pyridine rings is 1. The first kappa shape index (κ1) is 8.49. The van der Waals surface area contributed by atoms with Gasteiger partial charge in [-0.25, -0.2) is 9.78 Å². The maximum Gasteiger partial charge on any atom is 0.329 e. The second kappa shape index (κ2) is 2.69. The molecule has 2 aromatic heterocycles. The van der Waals surface area contributed by atoms with Gasteiger partial charge in [0, 0.05) is 18.9 Å². The van der Waals surface area contributed by atoms with Crippen molar-refractivity contribution in [2.75, 3.05) is 5.73 Å². The average molecular weight is 192 g/mol. The Balaban J connectivity index is 3.18. The summed E-state index contributed by atoms with van der Waals surface area (Å²) < 4.78 is 1.24. The Morgan fingerprint density at radius 2 is 2.21 bits per heavy atom. The van der Waals surface area contributed by atoms with E-state index >= 15 is 0 Å². The van der Waals surface area contributed by atoms with Gasteiger partial charge in [0.2, 0.25) is 0 Å². The highest BCUT2D eigenvalue weighted by atomic mass is 16.2. The molecule has 0 radical (unpaired) electrons. The third-order valence-electron chi connectivity index (χ3n) is 2.03. The minimum atomic E-state index is -0.506. The normalized spacial score (nSPS) is 10.6. The zero-order chi connectivity index (χ0) is 10.3. The van der Waals surface area contributed by atoms with E-state index in [9.17, 15) is 9.59 Å². The fraction of sp³-hybridized carbons (Fsp3) is 0.125. The fourth-order valence-electron chi connectivity index (χ4n) is 1.29. The zero-order valence-corrected chi connectivity index (χ0v) is 7.44. The number of anilines is 1. The van der Waals surface area contributed by atoms with Crippen LogP contribution in [0, 0.1) is 0 Å². The molecule has 0 atom stereocenters. The number of aryl methyl sites for hydroxylation is 1. The molecule has 72 valence electrons. The van der Waals surface area contributed by atoms with Crippen molar-refractivity contribution < 1.29 is 0 Å². The summed E-state index contributed by atoms with van der Waals surface area (Å²) in [5, 5.41) is 0.245. The predicted molar refractivity (Wildman–Crippen MR) is 52.0 cm³/mol. The summed E-state index contributed by atoms with van der Waals surface area (Å²) in [6, 6.07) is 1.52. The number of nitrogens with zero attached hydrogens (tertiary/aromatic N) is 2. The first-order valence-electron chi connectivity index (χ1n) is 3.95. The highest BCUT2D eigenvalue weighted by Crippen LogP contribution is 2.10. The number of hydrogen-bond acceptors (Lipinski definition) is 4. The lowest BCUT2D eigenvalue weighted by atomic mass is 10.3. The maximum atomic E-state index is 11.4. The Labute approximate surface area is 78.0 Å². The van der Waals surface area contributed by atoms with Gasteiger partial charge in [0.25, 0.3) is 5.56 Å². The van der Waals surface area contributed by atoms with E-state index in [1.54, 1.807) is 0 Å². The monoisotopic (exact) mass is 192 g/mol. The van der Waals surface area contributed by atoms with E-state index in [0.29, 0.717) is 11.3 Å². The van der Waals surface area contributed by atoms with Gasteiger partial charge in [-0.2, -0.15) is 0 Å². The van der Waals surface area contributed by atoms with Crippen LogP contribution in [0.2, 0.25) is 0 Å². The molecule has 0 unspecified atom stereocenters. The molecule has 6 heteroatoms. The number of rotatable bonds is 0. The lowest BCUT2D eigenvalue weighted by Crippen LogP contribution is -2.29. The van der Waals surface area contributed by atoms with Crippen molar-refractivity contribution in [2.45, 2.75) is 0 Å². The quantitative estimate of drug-likeness (QED) is 0.571. The van der Waals surface area contributed by atoms with Crippen molar-refractivity contribution in [1.82, 2.24) is 14.5 Å².